The van der Waals surface area contributed by atoms with E-state index >= 15 is 0 Å². The van der Waals surface area contributed by atoms with E-state index in [4.69, 9.17) is 4.65 Å². The lowest BCUT2D eigenvalue weighted by atomic mass is 9.72. The van der Waals surface area contributed by atoms with Gasteiger partial charge in [-0.1, -0.05) is 12.1 Å². The van der Waals surface area contributed by atoms with Crippen molar-refractivity contribution in [3.8, 4) is 5.75 Å². The Bertz CT molecular complexity index is 914. The second kappa shape index (κ2) is 9.53. The third kappa shape index (κ3) is 5.26. The topological polar surface area (TPSA) is 137 Å². The van der Waals surface area contributed by atoms with E-state index in [9.17, 15) is 19.7 Å². The lowest BCUT2D eigenvalue weighted by molar-refractivity contribution is -0.122. The number of amides is 1. The summed E-state index contributed by atoms with van der Waals surface area (Å²) in [5.74, 6) is -1.33. The molecule has 4 rings (SSSR count). The van der Waals surface area contributed by atoms with Gasteiger partial charge in [0, 0.05) is 30.9 Å². The fraction of sp³-hybridized carbons (Fsp3) is 0.476. The molecule has 10 heteroatoms. The van der Waals surface area contributed by atoms with E-state index in [1.807, 2.05) is 6.20 Å². The summed E-state index contributed by atoms with van der Waals surface area (Å²) in [7, 11) is -1.28. The number of para-hydroxylation sites is 1. The summed E-state index contributed by atoms with van der Waals surface area (Å²) in [6.45, 7) is 0.764. The monoisotopic (exact) mass is 426 g/mol. The molecule has 1 aliphatic carbocycles. The first-order chi connectivity index (χ1) is 15.0. The molecule has 0 bridgehead atoms. The van der Waals surface area contributed by atoms with Crippen molar-refractivity contribution in [2.75, 3.05) is 0 Å². The van der Waals surface area contributed by atoms with Gasteiger partial charge in [0.05, 0.1) is 17.8 Å². The SMILES string of the molecule is O=C(CC1CCC(NCc2cnc[nH]2)CC1)N[C@H]1Cc2cccc(C(=O)O)c2OB1O. The summed E-state index contributed by atoms with van der Waals surface area (Å²) in [5, 5.41) is 26.0. The number of hydrogen-bond donors (Lipinski definition) is 5. The standard InChI is InChI=1S/C21H27BN4O5/c27-19(8-13-4-6-15(7-5-13)24-11-16-10-23-12-25-16)26-18-9-14-2-1-3-17(21(28)29)20(14)31-22(18)30/h1-3,10,12-13,15,18,24,30H,4-9,11H2,(H,23,25)(H,26,27)(H,28,29)/t13?,15?,18-/m0/s1. The number of nitrogens with one attached hydrogen (secondary N) is 3. The maximum Gasteiger partial charge on any atom is 0.547 e. The number of rotatable bonds is 7. The largest absolute Gasteiger partial charge is 0.547 e. The molecule has 2 aromatic rings. The number of aromatic carboxylic acids is 1. The number of H-pyrrole nitrogens is 1. The number of nitrogens with zero attached hydrogens (tertiary/aromatic N) is 1. The molecule has 0 saturated heterocycles. The number of benzene rings is 1. The molecule has 1 atom stereocenters. The Hall–Kier alpha value is -2.85. The van der Waals surface area contributed by atoms with Gasteiger partial charge in [-0.2, -0.15) is 0 Å². The molecule has 0 spiro atoms. The van der Waals surface area contributed by atoms with Gasteiger partial charge in [0.25, 0.3) is 0 Å². The first kappa shape index (κ1) is 21.4. The Labute approximate surface area is 180 Å². The smallest absolute Gasteiger partial charge is 0.534 e. The van der Waals surface area contributed by atoms with E-state index in [0.29, 0.717) is 30.4 Å². The van der Waals surface area contributed by atoms with Crippen molar-refractivity contribution in [2.45, 2.75) is 57.1 Å². The summed E-state index contributed by atoms with van der Waals surface area (Å²) in [5.41, 5.74) is 1.74. The Balaban J connectivity index is 1.24. The van der Waals surface area contributed by atoms with Crippen LogP contribution in [-0.4, -0.2) is 51.1 Å². The van der Waals surface area contributed by atoms with E-state index in [1.54, 1.807) is 18.5 Å². The Kier molecular flexibility index (Phi) is 6.57. The van der Waals surface area contributed by atoms with Crippen molar-refractivity contribution in [3.05, 3.63) is 47.5 Å². The van der Waals surface area contributed by atoms with Crippen LogP contribution in [0.2, 0.25) is 0 Å². The first-order valence-electron chi connectivity index (χ1n) is 10.7. The average Bonchev–Trinajstić information content (AvgIpc) is 3.27. The molecule has 2 aliphatic rings. The fourth-order valence-corrected chi connectivity index (χ4v) is 4.45. The van der Waals surface area contributed by atoms with Crippen molar-refractivity contribution < 1.29 is 24.4 Å². The molecular weight excluding hydrogens is 399 g/mol. The molecule has 1 aromatic heterocycles. The number of carboxylic acids is 1. The number of aromatic amines is 1. The molecule has 1 saturated carbocycles. The minimum Gasteiger partial charge on any atom is -0.534 e. The molecule has 9 nitrogen and oxygen atoms in total. The number of aromatic nitrogens is 2. The normalized spacial score (nSPS) is 23.0. The summed E-state index contributed by atoms with van der Waals surface area (Å²) < 4.78 is 5.44. The van der Waals surface area contributed by atoms with E-state index in [2.05, 4.69) is 20.6 Å². The van der Waals surface area contributed by atoms with Gasteiger partial charge in [0.1, 0.15) is 5.75 Å². The molecule has 0 radical (unpaired) electrons. The predicted molar refractivity (Wildman–Crippen MR) is 113 cm³/mol. The third-order valence-corrected chi connectivity index (χ3v) is 6.15. The summed E-state index contributed by atoms with van der Waals surface area (Å²) in [6.07, 6.45) is 8.22. The second-order valence-electron chi connectivity index (χ2n) is 8.37. The zero-order valence-electron chi connectivity index (χ0n) is 17.2. The number of fused-ring (bicyclic) bond motifs is 1. The highest BCUT2D eigenvalue weighted by atomic mass is 16.5. The first-order valence-corrected chi connectivity index (χ1v) is 10.7. The van der Waals surface area contributed by atoms with E-state index < -0.39 is 19.0 Å². The number of carboxylic acid groups (broad SMARTS) is 1. The fourth-order valence-electron chi connectivity index (χ4n) is 4.45. The lowest BCUT2D eigenvalue weighted by Crippen LogP contribution is -2.53. The molecule has 1 aromatic carbocycles. The highest BCUT2D eigenvalue weighted by Gasteiger charge is 2.38. The minimum atomic E-state index is -1.28. The summed E-state index contributed by atoms with van der Waals surface area (Å²) in [6, 6.07) is 5.27. The van der Waals surface area contributed by atoms with Gasteiger partial charge in [0.2, 0.25) is 5.91 Å². The van der Waals surface area contributed by atoms with Crippen LogP contribution < -0.4 is 15.3 Å². The van der Waals surface area contributed by atoms with Gasteiger partial charge in [-0.05, 0) is 49.7 Å². The van der Waals surface area contributed by atoms with Crippen LogP contribution in [0.15, 0.2) is 30.7 Å². The number of carbonyl (C=O) groups excluding carboxylic acids is 1. The van der Waals surface area contributed by atoms with Crippen molar-refractivity contribution in [1.29, 1.82) is 0 Å². The van der Waals surface area contributed by atoms with Crippen molar-refractivity contribution >= 4 is 19.0 Å². The quantitative estimate of drug-likeness (QED) is 0.421. The highest BCUT2D eigenvalue weighted by molar-refractivity contribution is 6.47. The van der Waals surface area contributed by atoms with Gasteiger partial charge in [-0.25, -0.2) is 9.78 Å². The summed E-state index contributed by atoms with van der Waals surface area (Å²) >= 11 is 0. The zero-order valence-corrected chi connectivity index (χ0v) is 17.2. The van der Waals surface area contributed by atoms with E-state index in [0.717, 1.165) is 37.9 Å². The number of hydrogen-bond acceptors (Lipinski definition) is 6. The molecule has 31 heavy (non-hydrogen) atoms. The second-order valence-corrected chi connectivity index (χ2v) is 8.37. The maximum atomic E-state index is 12.6. The van der Waals surface area contributed by atoms with Crippen LogP contribution in [0.4, 0.5) is 0 Å². The highest BCUT2D eigenvalue weighted by Crippen LogP contribution is 2.31. The lowest BCUT2D eigenvalue weighted by Gasteiger charge is -2.31. The van der Waals surface area contributed by atoms with Crippen LogP contribution >= 0.6 is 0 Å². The van der Waals surface area contributed by atoms with Crippen LogP contribution in [0.5, 0.6) is 5.75 Å². The molecular formula is C21H27BN4O5. The molecule has 0 unspecified atom stereocenters. The Morgan fingerprint density at radius 2 is 2.06 bits per heavy atom. The van der Waals surface area contributed by atoms with Crippen molar-refractivity contribution in [2.24, 2.45) is 5.92 Å². The van der Waals surface area contributed by atoms with Crippen LogP contribution in [0.3, 0.4) is 0 Å². The van der Waals surface area contributed by atoms with E-state index in [1.165, 1.54) is 6.07 Å². The molecule has 1 amide bonds. The minimum absolute atomic E-state index is 0.0132. The maximum absolute atomic E-state index is 12.6. The summed E-state index contributed by atoms with van der Waals surface area (Å²) in [4.78, 5) is 31.0. The van der Waals surface area contributed by atoms with Crippen LogP contribution in [0.1, 0.15) is 53.7 Å². The molecule has 2 heterocycles. The molecule has 164 valence electrons. The van der Waals surface area contributed by atoms with Crippen molar-refractivity contribution in [1.82, 2.24) is 20.6 Å². The molecule has 5 N–H and O–H groups in total. The van der Waals surface area contributed by atoms with Crippen LogP contribution in [-0.2, 0) is 17.8 Å². The van der Waals surface area contributed by atoms with Gasteiger partial charge >= 0.3 is 13.1 Å². The van der Waals surface area contributed by atoms with E-state index in [-0.39, 0.29) is 17.2 Å². The number of imidazole rings is 1. The van der Waals surface area contributed by atoms with Gasteiger partial charge in [-0.3, -0.25) is 4.79 Å². The predicted octanol–water partition coefficient (Wildman–Crippen LogP) is 1.29. The van der Waals surface area contributed by atoms with Gasteiger partial charge < -0.3 is 30.4 Å². The van der Waals surface area contributed by atoms with Gasteiger partial charge in [-0.15, -0.1) is 0 Å². The third-order valence-electron chi connectivity index (χ3n) is 6.15. The van der Waals surface area contributed by atoms with Crippen LogP contribution in [0, 0.1) is 5.92 Å². The van der Waals surface area contributed by atoms with Gasteiger partial charge in [0.15, 0.2) is 0 Å². The van der Waals surface area contributed by atoms with Crippen molar-refractivity contribution in [3.63, 3.8) is 0 Å². The average molecular weight is 426 g/mol. The zero-order chi connectivity index (χ0) is 21.8. The Morgan fingerprint density at radius 1 is 1.26 bits per heavy atom. The molecule has 1 aliphatic heterocycles. The van der Waals surface area contributed by atoms with Crippen LogP contribution in [0.25, 0.3) is 0 Å². The number of carbonyl (C=O) groups is 2. The Morgan fingerprint density at radius 3 is 2.77 bits per heavy atom. The molecule has 1 fully saturated rings.